The Balaban J connectivity index is 2.85. The van der Waals surface area contributed by atoms with Gasteiger partial charge in [-0.1, -0.05) is 19.9 Å². The maximum absolute atomic E-state index is 12.0. The molecule has 0 unspecified atom stereocenters. The van der Waals surface area contributed by atoms with E-state index in [-0.39, 0.29) is 4.90 Å². The van der Waals surface area contributed by atoms with Crippen LogP contribution in [0.2, 0.25) is 0 Å². The molecule has 0 aromatic heterocycles. The van der Waals surface area contributed by atoms with Crippen molar-refractivity contribution < 1.29 is 8.42 Å². The van der Waals surface area contributed by atoms with Crippen molar-refractivity contribution >= 4 is 10.0 Å². The Morgan fingerprint density at radius 1 is 1.33 bits per heavy atom. The molecule has 0 fully saturated rings. The topological polar surface area (TPSA) is 72.2 Å². The van der Waals surface area contributed by atoms with Gasteiger partial charge in [-0.25, -0.2) is 13.1 Å². The standard InChI is InChI=1S/C13H22N2O2S/c1-10(2)6-7-15-18(16,17)13-5-4-11(3)12(8-13)9-14/h4-5,8,10,15H,6-7,9,14H2,1-3H3. The summed E-state index contributed by atoms with van der Waals surface area (Å²) in [6.45, 7) is 6.86. The molecule has 1 aromatic rings. The zero-order valence-corrected chi connectivity index (χ0v) is 12.0. The summed E-state index contributed by atoms with van der Waals surface area (Å²) in [5.41, 5.74) is 7.46. The van der Waals surface area contributed by atoms with Crippen LogP contribution in [-0.2, 0) is 16.6 Å². The Labute approximate surface area is 110 Å². The van der Waals surface area contributed by atoms with Crippen LogP contribution < -0.4 is 10.5 Å². The lowest BCUT2D eigenvalue weighted by molar-refractivity contribution is 0.551. The molecule has 0 aliphatic heterocycles. The maximum Gasteiger partial charge on any atom is 0.240 e. The van der Waals surface area contributed by atoms with E-state index in [2.05, 4.69) is 18.6 Å². The molecule has 0 atom stereocenters. The molecule has 1 rings (SSSR count). The number of aryl methyl sites for hydroxylation is 1. The number of hydrogen-bond acceptors (Lipinski definition) is 3. The van der Waals surface area contributed by atoms with E-state index in [4.69, 9.17) is 5.73 Å². The highest BCUT2D eigenvalue weighted by Gasteiger charge is 2.14. The van der Waals surface area contributed by atoms with Crippen LogP contribution in [0.25, 0.3) is 0 Å². The van der Waals surface area contributed by atoms with Crippen LogP contribution in [0, 0.1) is 12.8 Å². The van der Waals surface area contributed by atoms with Gasteiger partial charge in [0.2, 0.25) is 10.0 Å². The molecule has 102 valence electrons. The second-order valence-corrected chi connectivity index (χ2v) is 6.64. The van der Waals surface area contributed by atoms with Crippen LogP contribution in [0.4, 0.5) is 0 Å². The number of hydrogen-bond donors (Lipinski definition) is 2. The van der Waals surface area contributed by atoms with Gasteiger partial charge in [-0.05, 0) is 42.5 Å². The molecule has 3 N–H and O–H groups in total. The number of sulfonamides is 1. The first-order valence-corrected chi connectivity index (χ1v) is 7.64. The van der Waals surface area contributed by atoms with Gasteiger partial charge in [0.15, 0.2) is 0 Å². The summed E-state index contributed by atoms with van der Waals surface area (Å²) < 4.78 is 26.7. The van der Waals surface area contributed by atoms with Crippen LogP contribution in [0.15, 0.2) is 23.1 Å². The second kappa shape index (κ2) is 6.31. The molecular formula is C13H22N2O2S. The Kier molecular flexibility index (Phi) is 5.31. The summed E-state index contributed by atoms with van der Waals surface area (Å²) in [6.07, 6.45) is 0.828. The van der Waals surface area contributed by atoms with Crippen LogP contribution in [0.5, 0.6) is 0 Å². The fraction of sp³-hybridized carbons (Fsp3) is 0.538. The smallest absolute Gasteiger partial charge is 0.240 e. The van der Waals surface area contributed by atoms with E-state index in [0.717, 1.165) is 17.5 Å². The summed E-state index contributed by atoms with van der Waals surface area (Å²) in [5, 5.41) is 0. The average Bonchev–Trinajstić information content (AvgIpc) is 2.28. The van der Waals surface area contributed by atoms with Crippen molar-refractivity contribution in [2.24, 2.45) is 11.7 Å². The van der Waals surface area contributed by atoms with Crippen molar-refractivity contribution in [2.45, 2.75) is 38.6 Å². The van der Waals surface area contributed by atoms with Gasteiger partial charge in [-0.2, -0.15) is 0 Å². The Morgan fingerprint density at radius 2 is 2.00 bits per heavy atom. The first-order valence-electron chi connectivity index (χ1n) is 6.16. The van der Waals surface area contributed by atoms with Crippen molar-refractivity contribution in [2.75, 3.05) is 6.54 Å². The average molecular weight is 270 g/mol. The largest absolute Gasteiger partial charge is 0.326 e. The molecule has 0 aliphatic carbocycles. The zero-order chi connectivity index (χ0) is 13.8. The van der Waals surface area contributed by atoms with E-state index < -0.39 is 10.0 Å². The van der Waals surface area contributed by atoms with E-state index in [9.17, 15) is 8.42 Å². The van der Waals surface area contributed by atoms with Gasteiger partial charge in [0.25, 0.3) is 0 Å². The molecule has 5 heteroatoms. The molecule has 0 saturated heterocycles. The van der Waals surface area contributed by atoms with Gasteiger partial charge in [-0.3, -0.25) is 0 Å². The van der Waals surface area contributed by atoms with Gasteiger partial charge in [0.1, 0.15) is 0 Å². The van der Waals surface area contributed by atoms with Gasteiger partial charge in [0, 0.05) is 13.1 Å². The first-order chi connectivity index (χ1) is 8.36. The Bertz CT molecular complexity index is 496. The predicted molar refractivity (Wildman–Crippen MR) is 73.7 cm³/mol. The molecule has 0 amide bonds. The second-order valence-electron chi connectivity index (χ2n) is 4.87. The number of rotatable bonds is 6. The lowest BCUT2D eigenvalue weighted by atomic mass is 10.1. The van der Waals surface area contributed by atoms with Gasteiger partial charge in [-0.15, -0.1) is 0 Å². The van der Waals surface area contributed by atoms with Crippen molar-refractivity contribution in [3.8, 4) is 0 Å². The van der Waals surface area contributed by atoms with Crippen LogP contribution in [0.1, 0.15) is 31.4 Å². The summed E-state index contributed by atoms with van der Waals surface area (Å²) in [5.74, 6) is 0.477. The number of nitrogens with two attached hydrogens (primary N) is 1. The van der Waals surface area contributed by atoms with Gasteiger partial charge >= 0.3 is 0 Å². The molecule has 0 saturated carbocycles. The van der Waals surface area contributed by atoms with E-state index in [1.165, 1.54) is 0 Å². The summed E-state index contributed by atoms with van der Waals surface area (Å²) >= 11 is 0. The van der Waals surface area contributed by atoms with E-state index >= 15 is 0 Å². The summed E-state index contributed by atoms with van der Waals surface area (Å²) in [4.78, 5) is 0.289. The van der Waals surface area contributed by atoms with E-state index in [1.54, 1.807) is 18.2 Å². The lowest BCUT2D eigenvalue weighted by Gasteiger charge is -2.10. The zero-order valence-electron chi connectivity index (χ0n) is 11.2. The minimum absolute atomic E-state index is 0.289. The third kappa shape index (κ3) is 4.08. The fourth-order valence-electron chi connectivity index (χ4n) is 1.60. The highest BCUT2D eigenvalue weighted by Crippen LogP contribution is 2.15. The monoisotopic (exact) mass is 270 g/mol. The molecule has 0 spiro atoms. The van der Waals surface area contributed by atoms with Gasteiger partial charge in [0.05, 0.1) is 4.90 Å². The highest BCUT2D eigenvalue weighted by atomic mass is 32.2. The molecule has 18 heavy (non-hydrogen) atoms. The Hall–Kier alpha value is -0.910. The van der Waals surface area contributed by atoms with Gasteiger partial charge < -0.3 is 5.73 Å². The molecule has 0 aliphatic rings. The molecule has 4 nitrogen and oxygen atoms in total. The SMILES string of the molecule is Cc1ccc(S(=O)(=O)NCCC(C)C)cc1CN. The Morgan fingerprint density at radius 3 is 2.56 bits per heavy atom. The van der Waals surface area contributed by atoms with E-state index in [0.29, 0.717) is 19.0 Å². The molecule has 0 heterocycles. The van der Waals surface area contributed by atoms with Crippen molar-refractivity contribution in [3.63, 3.8) is 0 Å². The maximum atomic E-state index is 12.0. The van der Waals surface area contributed by atoms with E-state index in [1.807, 2.05) is 6.92 Å². The third-order valence-electron chi connectivity index (χ3n) is 2.86. The fourth-order valence-corrected chi connectivity index (χ4v) is 2.70. The number of benzene rings is 1. The highest BCUT2D eigenvalue weighted by molar-refractivity contribution is 7.89. The molecular weight excluding hydrogens is 248 g/mol. The minimum atomic E-state index is -3.41. The summed E-state index contributed by atoms with van der Waals surface area (Å²) in [6, 6.07) is 5.05. The molecule has 0 bridgehead atoms. The molecule has 0 radical (unpaired) electrons. The van der Waals surface area contributed by atoms with Crippen LogP contribution in [-0.4, -0.2) is 15.0 Å². The normalized spacial score (nSPS) is 12.1. The van der Waals surface area contributed by atoms with Crippen molar-refractivity contribution in [1.82, 2.24) is 4.72 Å². The number of nitrogens with one attached hydrogen (secondary N) is 1. The van der Waals surface area contributed by atoms with Crippen molar-refractivity contribution in [1.29, 1.82) is 0 Å². The lowest BCUT2D eigenvalue weighted by Crippen LogP contribution is -2.25. The van der Waals surface area contributed by atoms with Crippen LogP contribution in [0.3, 0.4) is 0 Å². The predicted octanol–water partition coefficient (Wildman–Crippen LogP) is 1.78. The molecule has 1 aromatic carbocycles. The first kappa shape index (κ1) is 15.1. The minimum Gasteiger partial charge on any atom is -0.326 e. The quantitative estimate of drug-likeness (QED) is 0.827. The third-order valence-corrected chi connectivity index (χ3v) is 4.32. The van der Waals surface area contributed by atoms with Crippen LogP contribution >= 0.6 is 0 Å². The summed E-state index contributed by atoms with van der Waals surface area (Å²) in [7, 11) is -3.41. The van der Waals surface area contributed by atoms with Crippen molar-refractivity contribution in [3.05, 3.63) is 29.3 Å².